The second-order valence-corrected chi connectivity index (χ2v) is 6.09. The van der Waals surface area contributed by atoms with Crippen LogP contribution in [-0.2, 0) is 0 Å². The molecule has 0 aliphatic heterocycles. The van der Waals surface area contributed by atoms with Crippen molar-refractivity contribution in [2.45, 2.75) is 31.8 Å². The molecule has 4 heteroatoms. The van der Waals surface area contributed by atoms with Crippen LogP contribution in [-0.4, -0.2) is 16.1 Å². The van der Waals surface area contributed by atoms with E-state index in [9.17, 15) is 0 Å². The molecule has 1 fully saturated rings. The number of aromatic amines is 1. The summed E-state index contributed by atoms with van der Waals surface area (Å²) in [6.45, 7) is 2.01. The molecule has 1 aliphatic rings. The first-order valence-electron chi connectivity index (χ1n) is 7.65. The summed E-state index contributed by atoms with van der Waals surface area (Å²) < 4.78 is 6.07. The van der Waals surface area contributed by atoms with Gasteiger partial charge in [-0.3, -0.25) is 4.98 Å². The molecule has 3 aromatic rings. The van der Waals surface area contributed by atoms with E-state index >= 15 is 0 Å². The number of nitrogen functional groups attached to an aromatic ring is 1. The molecule has 4 nitrogen and oxygen atoms in total. The van der Waals surface area contributed by atoms with Gasteiger partial charge < -0.3 is 15.5 Å². The highest BCUT2D eigenvalue weighted by Gasteiger charge is 2.32. The maximum atomic E-state index is 6.07. The number of fused-ring (bicyclic) bond motifs is 1. The van der Waals surface area contributed by atoms with Crippen molar-refractivity contribution in [2.24, 2.45) is 0 Å². The van der Waals surface area contributed by atoms with Crippen molar-refractivity contribution in [1.29, 1.82) is 0 Å². The first-order valence-corrected chi connectivity index (χ1v) is 7.65. The number of benzene rings is 1. The van der Waals surface area contributed by atoms with E-state index in [1.165, 1.54) is 5.56 Å². The largest absolute Gasteiger partial charge is 0.490 e. The van der Waals surface area contributed by atoms with Crippen LogP contribution >= 0.6 is 0 Å². The summed E-state index contributed by atoms with van der Waals surface area (Å²) in [5.41, 5.74) is 10.1. The molecule has 112 valence electrons. The zero-order chi connectivity index (χ0) is 15.1. The average Bonchev–Trinajstić information content (AvgIpc) is 2.85. The van der Waals surface area contributed by atoms with Crippen LogP contribution in [0.25, 0.3) is 10.9 Å². The fourth-order valence-electron chi connectivity index (χ4n) is 3.04. The summed E-state index contributed by atoms with van der Waals surface area (Å²) in [4.78, 5) is 7.51. The minimum Gasteiger partial charge on any atom is -0.490 e. The predicted molar refractivity (Wildman–Crippen MR) is 88.1 cm³/mol. The number of pyridine rings is 1. The smallest absolute Gasteiger partial charge is 0.120 e. The van der Waals surface area contributed by atoms with Gasteiger partial charge in [-0.2, -0.15) is 0 Å². The van der Waals surface area contributed by atoms with Gasteiger partial charge in [0.05, 0.1) is 11.8 Å². The fraction of sp³-hybridized carbons (Fsp3) is 0.278. The summed E-state index contributed by atoms with van der Waals surface area (Å²) in [6, 6.07) is 10.3. The summed E-state index contributed by atoms with van der Waals surface area (Å²) in [5, 5.41) is 1.02. The lowest BCUT2D eigenvalue weighted by atomic mass is 9.78. The number of ether oxygens (including phenoxy) is 1. The Morgan fingerprint density at radius 3 is 2.86 bits per heavy atom. The average molecular weight is 293 g/mol. The van der Waals surface area contributed by atoms with E-state index in [2.05, 4.69) is 22.1 Å². The Labute approximate surface area is 129 Å². The lowest BCUT2D eigenvalue weighted by molar-refractivity contribution is 0.0986. The number of rotatable bonds is 3. The zero-order valence-corrected chi connectivity index (χ0v) is 12.5. The standard InChI is InChI=1S/C18H19N3O/c1-11-2-3-12(9-20-11)13-6-15(7-13)22-14-4-5-18-16(8-14)17(19)10-21-18/h2-5,8-10,13,15,21H,6-7,19H2,1H3. The van der Waals surface area contributed by atoms with Gasteiger partial charge in [0.15, 0.2) is 0 Å². The second kappa shape index (κ2) is 5.05. The van der Waals surface area contributed by atoms with Crippen molar-refractivity contribution in [3.63, 3.8) is 0 Å². The van der Waals surface area contributed by atoms with Gasteiger partial charge in [0, 0.05) is 29.0 Å². The van der Waals surface area contributed by atoms with Crippen LogP contribution in [0, 0.1) is 6.92 Å². The molecule has 3 N–H and O–H groups in total. The van der Waals surface area contributed by atoms with Crippen molar-refractivity contribution >= 4 is 16.6 Å². The van der Waals surface area contributed by atoms with Gasteiger partial charge in [0.2, 0.25) is 0 Å². The molecule has 0 atom stereocenters. The molecule has 2 aromatic heterocycles. The third-order valence-corrected chi connectivity index (χ3v) is 4.49. The molecule has 2 heterocycles. The van der Waals surface area contributed by atoms with E-state index < -0.39 is 0 Å². The van der Waals surface area contributed by atoms with Gasteiger partial charge in [-0.05, 0) is 55.5 Å². The lowest BCUT2D eigenvalue weighted by Crippen LogP contribution is -2.32. The highest BCUT2D eigenvalue weighted by Crippen LogP contribution is 2.39. The first kappa shape index (κ1) is 13.2. The van der Waals surface area contributed by atoms with Gasteiger partial charge in [0.1, 0.15) is 5.75 Å². The molecule has 0 amide bonds. The van der Waals surface area contributed by atoms with Crippen LogP contribution in [0.3, 0.4) is 0 Å². The molecular weight excluding hydrogens is 274 g/mol. The first-order chi connectivity index (χ1) is 10.7. The lowest BCUT2D eigenvalue weighted by Gasteiger charge is -2.35. The van der Waals surface area contributed by atoms with E-state index in [1.807, 2.05) is 37.5 Å². The van der Waals surface area contributed by atoms with Gasteiger partial charge in [-0.15, -0.1) is 0 Å². The third kappa shape index (κ3) is 2.30. The number of H-pyrrole nitrogens is 1. The molecule has 0 spiro atoms. The Bertz CT molecular complexity index is 801. The third-order valence-electron chi connectivity index (χ3n) is 4.49. The molecule has 1 aliphatic carbocycles. The monoisotopic (exact) mass is 293 g/mol. The van der Waals surface area contributed by atoms with Gasteiger partial charge >= 0.3 is 0 Å². The second-order valence-electron chi connectivity index (χ2n) is 6.09. The summed E-state index contributed by atoms with van der Waals surface area (Å²) in [6.07, 6.45) is 6.18. The number of hydrogen-bond acceptors (Lipinski definition) is 3. The van der Waals surface area contributed by atoms with E-state index in [0.717, 1.165) is 40.9 Å². The van der Waals surface area contributed by atoms with Gasteiger partial charge in [-0.1, -0.05) is 6.07 Å². The summed E-state index contributed by atoms with van der Waals surface area (Å²) in [7, 11) is 0. The van der Waals surface area contributed by atoms with Crippen molar-refractivity contribution in [3.8, 4) is 5.75 Å². The molecule has 4 rings (SSSR count). The van der Waals surface area contributed by atoms with Gasteiger partial charge in [-0.25, -0.2) is 0 Å². The highest BCUT2D eigenvalue weighted by molar-refractivity contribution is 5.92. The van der Waals surface area contributed by atoms with Crippen molar-refractivity contribution in [3.05, 3.63) is 54.0 Å². The molecule has 1 saturated carbocycles. The molecular formula is C18H19N3O. The summed E-state index contributed by atoms with van der Waals surface area (Å²) in [5.74, 6) is 1.46. The Kier molecular flexibility index (Phi) is 3.03. The van der Waals surface area contributed by atoms with Crippen LogP contribution in [0.4, 0.5) is 5.69 Å². The van der Waals surface area contributed by atoms with Crippen LogP contribution in [0.1, 0.15) is 30.0 Å². The Balaban J connectivity index is 1.42. The SMILES string of the molecule is Cc1ccc(C2CC(Oc3ccc4[nH]cc(N)c4c3)C2)cn1. The molecule has 1 aromatic carbocycles. The van der Waals surface area contributed by atoms with Crippen LogP contribution in [0.5, 0.6) is 5.75 Å². The number of aryl methyl sites for hydroxylation is 1. The van der Waals surface area contributed by atoms with Crippen molar-refractivity contribution < 1.29 is 4.74 Å². The van der Waals surface area contributed by atoms with Gasteiger partial charge in [0.25, 0.3) is 0 Å². The normalized spacial score (nSPS) is 20.8. The minimum absolute atomic E-state index is 0.281. The van der Waals surface area contributed by atoms with E-state index in [1.54, 1.807) is 0 Å². The number of aromatic nitrogens is 2. The van der Waals surface area contributed by atoms with Crippen molar-refractivity contribution in [2.75, 3.05) is 5.73 Å². The highest BCUT2D eigenvalue weighted by atomic mass is 16.5. The van der Waals surface area contributed by atoms with Crippen LogP contribution in [0.2, 0.25) is 0 Å². The number of nitrogens with two attached hydrogens (primary N) is 1. The fourth-order valence-corrected chi connectivity index (χ4v) is 3.04. The van der Waals surface area contributed by atoms with E-state index in [-0.39, 0.29) is 6.10 Å². The predicted octanol–water partition coefficient (Wildman–Crippen LogP) is 3.78. The number of nitrogens with one attached hydrogen (secondary N) is 1. The van der Waals surface area contributed by atoms with E-state index in [4.69, 9.17) is 10.5 Å². The maximum absolute atomic E-state index is 6.07. The Morgan fingerprint density at radius 2 is 2.09 bits per heavy atom. The number of hydrogen-bond donors (Lipinski definition) is 2. The van der Waals surface area contributed by atoms with Crippen LogP contribution in [0.15, 0.2) is 42.7 Å². The molecule has 0 saturated heterocycles. The van der Waals surface area contributed by atoms with E-state index in [0.29, 0.717) is 5.92 Å². The Morgan fingerprint density at radius 1 is 1.23 bits per heavy atom. The minimum atomic E-state index is 0.281. The molecule has 0 bridgehead atoms. The maximum Gasteiger partial charge on any atom is 0.120 e. The Hall–Kier alpha value is -2.49. The quantitative estimate of drug-likeness (QED) is 0.772. The van der Waals surface area contributed by atoms with Crippen molar-refractivity contribution in [1.82, 2.24) is 9.97 Å². The number of anilines is 1. The number of nitrogens with zero attached hydrogens (tertiary/aromatic N) is 1. The van der Waals surface area contributed by atoms with Crippen LogP contribution < -0.4 is 10.5 Å². The molecule has 22 heavy (non-hydrogen) atoms. The summed E-state index contributed by atoms with van der Waals surface area (Å²) >= 11 is 0. The topological polar surface area (TPSA) is 63.9 Å². The molecule has 0 radical (unpaired) electrons. The molecule has 0 unspecified atom stereocenters. The zero-order valence-electron chi connectivity index (χ0n) is 12.5.